The van der Waals surface area contributed by atoms with E-state index in [-0.39, 0.29) is 36.3 Å². The monoisotopic (exact) mass is 336 g/mol. The number of rotatable bonds is 9. The largest absolute Gasteiger partial charge is 0.469 e. The predicted molar refractivity (Wildman–Crippen MR) is 87.1 cm³/mol. The van der Waals surface area contributed by atoms with Crippen molar-refractivity contribution in [1.29, 1.82) is 0 Å². The number of ether oxygens (including phenoxy) is 2. The highest BCUT2D eigenvalue weighted by atomic mass is 16.5. The molecule has 0 heterocycles. The van der Waals surface area contributed by atoms with Crippen molar-refractivity contribution < 1.29 is 28.7 Å². The van der Waals surface area contributed by atoms with Crippen LogP contribution in [-0.4, -0.2) is 37.7 Å². The van der Waals surface area contributed by atoms with Gasteiger partial charge in [-0.15, -0.1) is 0 Å². The van der Waals surface area contributed by atoms with Crippen molar-refractivity contribution in [3.63, 3.8) is 0 Å². The first-order valence-electron chi connectivity index (χ1n) is 7.94. The zero-order chi connectivity index (χ0) is 18.2. The molecule has 0 fully saturated rings. The number of carbonyl (C=O) groups excluding carboxylic acids is 4. The second-order valence-corrected chi connectivity index (χ2v) is 6.08. The highest BCUT2D eigenvalue weighted by Crippen LogP contribution is 2.39. The molecule has 0 aliphatic heterocycles. The first kappa shape index (κ1) is 19.8. The van der Waals surface area contributed by atoms with E-state index in [1.807, 2.05) is 6.92 Å². The predicted octanol–water partition coefficient (Wildman–Crippen LogP) is 2.31. The summed E-state index contributed by atoms with van der Waals surface area (Å²) in [4.78, 5) is 46.5. The van der Waals surface area contributed by atoms with Gasteiger partial charge in [0.05, 0.1) is 14.2 Å². The van der Waals surface area contributed by atoms with Gasteiger partial charge in [-0.2, -0.15) is 0 Å². The van der Waals surface area contributed by atoms with Crippen molar-refractivity contribution >= 4 is 23.5 Å². The molecule has 1 rings (SSSR count). The molecule has 1 aliphatic carbocycles. The van der Waals surface area contributed by atoms with Gasteiger partial charge in [0.1, 0.15) is 0 Å². The fourth-order valence-electron chi connectivity index (χ4n) is 2.83. The van der Waals surface area contributed by atoms with Crippen LogP contribution in [0.1, 0.15) is 45.4 Å². The summed E-state index contributed by atoms with van der Waals surface area (Å²) in [5, 5.41) is 0. The Morgan fingerprint density at radius 3 is 1.92 bits per heavy atom. The number of hydrogen-bond acceptors (Lipinski definition) is 6. The number of methoxy groups -OCH3 is 2. The van der Waals surface area contributed by atoms with Gasteiger partial charge >= 0.3 is 11.9 Å². The maximum atomic E-state index is 12.2. The van der Waals surface area contributed by atoms with Crippen LogP contribution in [0.25, 0.3) is 0 Å². The van der Waals surface area contributed by atoms with E-state index >= 15 is 0 Å². The molecular weight excluding hydrogens is 312 g/mol. The maximum Gasteiger partial charge on any atom is 0.305 e. The third kappa shape index (κ3) is 5.76. The normalized spacial score (nSPS) is 14.4. The van der Waals surface area contributed by atoms with Crippen LogP contribution in [0.2, 0.25) is 0 Å². The van der Waals surface area contributed by atoms with E-state index < -0.39 is 5.41 Å². The van der Waals surface area contributed by atoms with Gasteiger partial charge in [0, 0.05) is 18.4 Å². The van der Waals surface area contributed by atoms with Crippen molar-refractivity contribution in [2.24, 2.45) is 5.41 Å². The lowest BCUT2D eigenvalue weighted by Gasteiger charge is -2.32. The number of ketones is 2. The molecule has 0 aromatic heterocycles. The van der Waals surface area contributed by atoms with E-state index in [0.717, 1.165) is 0 Å². The van der Waals surface area contributed by atoms with E-state index in [0.29, 0.717) is 31.3 Å². The van der Waals surface area contributed by atoms with Gasteiger partial charge in [-0.1, -0.05) is 6.92 Å². The lowest BCUT2D eigenvalue weighted by atomic mass is 9.71. The molecule has 0 atom stereocenters. The second-order valence-electron chi connectivity index (χ2n) is 6.08. The summed E-state index contributed by atoms with van der Waals surface area (Å²) in [6, 6.07) is 0. The van der Waals surface area contributed by atoms with Crippen molar-refractivity contribution in [3.05, 3.63) is 23.8 Å². The number of carbonyl (C=O) groups is 4. The molecule has 0 spiro atoms. The molecule has 0 aromatic carbocycles. The van der Waals surface area contributed by atoms with Crippen molar-refractivity contribution in [3.8, 4) is 0 Å². The van der Waals surface area contributed by atoms with Crippen LogP contribution in [0.3, 0.4) is 0 Å². The maximum absolute atomic E-state index is 12.2. The summed E-state index contributed by atoms with van der Waals surface area (Å²) in [6.45, 7) is 1.89. The van der Waals surface area contributed by atoms with Gasteiger partial charge in [-0.05, 0) is 49.3 Å². The topological polar surface area (TPSA) is 86.7 Å². The summed E-state index contributed by atoms with van der Waals surface area (Å²) >= 11 is 0. The number of allylic oxidation sites excluding steroid dienone is 4. The lowest BCUT2D eigenvalue weighted by Crippen LogP contribution is -2.27. The van der Waals surface area contributed by atoms with E-state index in [1.165, 1.54) is 32.4 Å². The summed E-state index contributed by atoms with van der Waals surface area (Å²) in [6.07, 6.45) is 6.52. The summed E-state index contributed by atoms with van der Waals surface area (Å²) in [5.74, 6) is -1.05. The average molecular weight is 336 g/mol. The zero-order valence-electron chi connectivity index (χ0n) is 14.4. The number of esters is 2. The smallest absolute Gasteiger partial charge is 0.305 e. The van der Waals surface area contributed by atoms with E-state index in [2.05, 4.69) is 9.47 Å². The highest BCUT2D eigenvalue weighted by molar-refractivity contribution is 6.17. The van der Waals surface area contributed by atoms with E-state index in [1.54, 1.807) is 0 Å². The highest BCUT2D eigenvalue weighted by Gasteiger charge is 2.33. The first-order chi connectivity index (χ1) is 11.3. The molecule has 0 saturated heterocycles. The van der Waals surface area contributed by atoms with Gasteiger partial charge in [0.2, 0.25) is 0 Å². The summed E-state index contributed by atoms with van der Waals surface area (Å²) < 4.78 is 9.26. The van der Waals surface area contributed by atoms with Gasteiger partial charge in [-0.25, -0.2) is 0 Å². The minimum Gasteiger partial charge on any atom is -0.469 e. The van der Waals surface area contributed by atoms with Crippen LogP contribution in [0, 0.1) is 5.41 Å². The third-order valence-corrected chi connectivity index (χ3v) is 4.28. The Balaban J connectivity index is 2.84. The van der Waals surface area contributed by atoms with Gasteiger partial charge in [0.15, 0.2) is 11.6 Å². The molecule has 0 N–H and O–H groups in total. The van der Waals surface area contributed by atoms with Crippen LogP contribution in [0.4, 0.5) is 0 Å². The Morgan fingerprint density at radius 2 is 1.46 bits per heavy atom. The van der Waals surface area contributed by atoms with Crippen molar-refractivity contribution in [2.75, 3.05) is 14.2 Å². The molecule has 0 aromatic rings. The summed E-state index contributed by atoms with van der Waals surface area (Å²) in [7, 11) is 2.66. The molecule has 6 nitrogen and oxygen atoms in total. The second kappa shape index (κ2) is 9.15. The number of hydrogen-bond donors (Lipinski definition) is 0. The van der Waals surface area contributed by atoms with Gasteiger partial charge in [0.25, 0.3) is 0 Å². The zero-order valence-corrected chi connectivity index (χ0v) is 14.4. The molecule has 0 bridgehead atoms. The van der Waals surface area contributed by atoms with Crippen LogP contribution >= 0.6 is 0 Å². The quantitative estimate of drug-likeness (QED) is 0.474. The Kier molecular flexibility index (Phi) is 7.55. The van der Waals surface area contributed by atoms with E-state index in [9.17, 15) is 19.2 Å². The van der Waals surface area contributed by atoms with Crippen molar-refractivity contribution in [1.82, 2.24) is 0 Å². The molecule has 0 amide bonds. The molecule has 132 valence electrons. The molecule has 24 heavy (non-hydrogen) atoms. The Bertz CT molecular complexity index is 548. The fraction of sp³-hybridized carbons (Fsp3) is 0.556. The SMILES string of the molecule is COC(=O)CCCC(C)(CCCC(=O)OC)C1=CC(=O)C=CC1=O. The summed E-state index contributed by atoms with van der Waals surface area (Å²) in [5.41, 5.74) is -0.149. The van der Waals surface area contributed by atoms with Crippen LogP contribution < -0.4 is 0 Å². The van der Waals surface area contributed by atoms with Gasteiger partial charge in [-0.3, -0.25) is 19.2 Å². The molecule has 0 radical (unpaired) electrons. The van der Waals surface area contributed by atoms with Crippen LogP contribution in [-0.2, 0) is 28.7 Å². The Hall–Kier alpha value is -2.24. The molecule has 6 heteroatoms. The Morgan fingerprint density at radius 1 is 0.958 bits per heavy atom. The van der Waals surface area contributed by atoms with Crippen molar-refractivity contribution in [2.45, 2.75) is 45.4 Å². The minimum absolute atomic E-state index is 0.201. The molecule has 0 unspecified atom stereocenters. The lowest BCUT2D eigenvalue weighted by molar-refractivity contribution is -0.141. The molecule has 1 aliphatic rings. The molecular formula is C18H24O6. The fourth-order valence-corrected chi connectivity index (χ4v) is 2.83. The standard InChI is InChI=1S/C18H24O6/c1-18(10-4-6-16(21)23-2,11-5-7-17(22)24-3)14-12-13(19)8-9-15(14)20/h8-9,12H,4-7,10-11H2,1-3H3. The Labute approximate surface area is 141 Å². The van der Waals surface area contributed by atoms with Gasteiger partial charge < -0.3 is 9.47 Å². The minimum atomic E-state index is -0.584. The average Bonchev–Trinajstić information content (AvgIpc) is 2.56. The van der Waals surface area contributed by atoms with Crippen LogP contribution in [0.5, 0.6) is 0 Å². The molecule has 0 saturated carbocycles. The van der Waals surface area contributed by atoms with Crippen LogP contribution in [0.15, 0.2) is 23.8 Å². The van der Waals surface area contributed by atoms with E-state index in [4.69, 9.17) is 0 Å². The third-order valence-electron chi connectivity index (χ3n) is 4.28. The first-order valence-corrected chi connectivity index (χ1v) is 7.94.